The van der Waals surface area contributed by atoms with Crippen molar-refractivity contribution in [3.8, 4) is 0 Å². The molecule has 1 aromatic rings. The van der Waals surface area contributed by atoms with Crippen LogP contribution in [0, 0.1) is 11.8 Å². The molecule has 4 atom stereocenters. The van der Waals surface area contributed by atoms with E-state index in [9.17, 15) is 14.4 Å². The lowest BCUT2D eigenvalue weighted by molar-refractivity contribution is -0.151. The molecule has 3 aliphatic rings. The number of carbonyl (C=O) groups is 3. The molecule has 0 spiro atoms. The SMILES string of the molecule is CCn1cc(C(=O)N2C[C@H]3C[C@@H](C2)[C@H](CNC(C)=O)N2C(=O)CCC[C@@H]32)cn1. The first-order valence-corrected chi connectivity index (χ1v) is 10.3. The zero-order valence-electron chi connectivity index (χ0n) is 16.6. The van der Waals surface area contributed by atoms with Crippen LogP contribution in [0.3, 0.4) is 0 Å². The lowest BCUT2D eigenvalue weighted by Gasteiger charge is -2.56. The minimum atomic E-state index is -0.0844. The number of piperidine rings is 3. The van der Waals surface area contributed by atoms with E-state index < -0.39 is 0 Å². The Hall–Kier alpha value is -2.38. The number of hydrogen-bond donors (Lipinski definition) is 1. The van der Waals surface area contributed by atoms with Crippen molar-refractivity contribution in [1.29, 1.82) is 0 Å². The third-order valence-corrected chi connectivity index (χ3v) is 6.55. The molecule has 4 heterocycles. The highest BCUT2D eigenvalue weighted by molar-refractivity contribution is 5.93. The number of amides is 3. The van der Waals surface area contributed by atoms with Gasteiger partial charge in [-0.3, -0.25) is 19.1 Å². The first-order chi connectivity index (χ1) is 13.5. The molecule has 0 unspecified atom stereocenters. The first kappa shape index (κ1) is 19.0. The Morgan fingerprint density at radius 1 is 1.29 bits per heavy atom. The summed E-state index contributed by atoms with van der Waals surface area (Å²) in [6.07, 6.45) is 6.93. The van der Waals surface area contributed by atoms with E-state index in [1.807, 2.05) is 11.8 Å². The number of nitrogens with one attached hydrogen (secondary N) is 1. The largest absolute Gasteiger partial charge is 0.354 e. The van der Waals surface area contributed by atoms with Gasteiger partial charge in [-0.05, 0) is 38.0 Å². The van der Waals surface area contributed by atoms with Crippen LogP contribution >= 0.6 is 0 Å². The highest BCUT2D eigenvalue weighted by Gasteiger charge is 2.50. The fourth-order valence-electron chi connectivity index (χ4n) is 5.28. The summed E-state index contributed by atoms with van der Waals surface area (Å²) < 4.78 is 1.76. The van der Waals surface area contributed by atoms with E-state index in [0.717, 1.165) is 25.8 Å². The first-order valence-electron chi connectivity index (χ1n) is 10.3. The normalized spacial score (nSPS) is 29.4. The molecule has 3 fully saturated rings. The minimum Gasteiger partial charge on any atom is -0.354 e. The second-order valence-electron chi connectivity index (χ2n) is 8.32. The number of fused-ring (bicyclic) bond motifs is 4. The summed E-state index contributed by atoms with van der Waals surface area (Å²) in [5.74, 6) is 0.628. The average molecular weight is 387 g/mol. The van der Waals surface area contributed by atoms with E-state index in [0.29, 0.717) is 37.5 Å². The average Bonchev–Trinajstić information content (AvgIpc) is 3.16. The molecule has 8 nitrogen and oxygen atoms in total. The maximum Gasteiger partial charge on any atom is 0.257 e. The maximum atomic E-state index is 13.1. The molecule has 3 saturated heterocycles. The highest BCUT2D eigenvalue weighted by atomic mass is 16.2. The van der Waals surface area contributed by atoms with E-state index in [4.69, 9.17) is 0 Å². The molecule has 28 heavy (non-hydrogen) atoms. The molecule has 0 aliphatic carbocycles. The molecule has 3 aliphatic heterocycles. The van der Waals surface area contributed by atoms with Gasteiger partial charge in [0.05, 0.1) is 17.8 Å². The molecule has 8 heteroatoms. The van der Waals surface area contributed by atoms with Crippen LogP contribution in [0.5, 0.6) is 0 Å². The second-order valence-corrected chi connectivity index (χ2v) is 8.32. The summed E-state index contributed by atoms with van der Waals surface area (Å²) in [7, 11) is 0. The molecular weight excluding hydrogens is 358 g/mol. The summed E-state index contributed by atoms with van der Waals surface area (Å²) in [4.78, 5) is 41.3. The Labute approximate surface area is 165 Å². The number of likely N-dealkylation sites (tertiary alicyclic amines) is 1. The number of carbonyl (C=O) groups excluding carboxylic acids is 3. The molecule has 1 N–H and O–H groups in total. The second kappa shape index (κ2) is 7.56. The van der Waals surface area contributed by atoms with Gasteiger partial charge in [0.15, 0.2) is 0 Å². The van der Waals surface area contributed by atoms with E-state index in [2.05, 4.69) is 15.3 Å². The van der Waals surface area contributed by atoms with Gasteiger partial charge in [0, 0.05) is 51.8 Å². The Bertz CT molecular complexity index is 776. The molecule has 3 amide bonds. The third-order valence-electron chi connectivity index (χ3n) is 6.55. The van der Waals surface area contributed by atoms with Crippen LogP contribution in [-0.4, -0.2) is 69.0 Å². The fourth-order valence-corrected chi connectivity index (χ4v) is 5.28. The summed E-state index contributed by atoms with van der Waals surface area (Å²) >= 11 is 0. The van der Waals surface area contributed by atoms with E-state index in [-0.39, 0.29) is 35.7 Å². The zero-order chi connectivity index (χ0) is 19.8. The van der Waals surface area contributed by atoms with Crippen LogP contribution in [0.25, 0.3) is 0 Å². The van der Waals surface area contributed by atoms with E-state index in [1.165, 1.54) is 6.92 Å². The monoisotopic (exact) mass is 387 g/mol. The molecule has 0 saturated carbocycles. The Morgan fingerprint density at radius 2 is 2.07 bits per heavy atom. The molecule has 152 valence electrons. The van der Waals surface area contributed by atoms with Gasteiger partial charge in [-0.15, -0.1) is 0 Å². The minimum absolute atomic E-state index is 0.0169. The summed E-state index contributed by atoms with van der Waals surface area (Å²) in [5.41, 5.74) is 0.622. The van der Waals surface area contributed by atoms with Crippen molar-refractivity contribution in [3.05, 3.63) is 18.0 Å². The Balaban J connectivity index is 1.57. The van der Waals surface area contributed by atoms with Crippen molar-refractivity contribution in [1.82, 2.24) is 24.9 Å². The fraction of sp³-hybridized carbons (Fsp3) is 0.700. The van der Waals surface area contributed by atoms with Gasteiger partial charge >= 0.3 is 0 Å². The van der Waals surface area contributed by atoms with Gasteiger partial charge in [-0.1, -0.05) is 0 Å². The molecular formula is C20H29N5O3. The van der Waals surface area contributed by atoms with Gasteiger partial charge < -0.3 is 15.1 Å². The highest BCUT2D eigenvalue weighted by Crippen LogP contribution is 2.41. The van der Waals surface area contributed by atoms with Crippen molar-refractivity contribution >= 4 is 17.7 Å². The molecule has 0 aromatic carbocycles. The number of nitrogens with zero attached hydrogens (tertiary/aromatic N) is 4. The summed E-state index contributed by atoms with van der Waals surface area (Å²) in [5, 5.41) is 7.14. The van der Waals surface area contributed by atoms with Crippen LogP contribution < -0.4 is 5.32 Å². The summed E-state index contributed by atoms with van der Waals surface area (Å²) in [6, 6.07) is 0.136. The lowest BCUT2D eigenvalue weighted by Crippen LogP contribution is -2.67. The predicted molar refractivity (Wildman–Crippen MR) is 102 cm³/mol. The van der Waals surface area contributed by atoms with Gasteiger partial charge in [0.2, 0.25) is 11.8 Å². The van der Waals surface area contributed by atoms with Gasteiger partial charge in [-0.2, -0.15) is 5.10 Å². The topological polar surface area (TPSA) is 87.5 Å². The molecule has 4 rings (SSSR count). The Kier molecular flexibility index (Phi) is 5.12. The number of hydrogen-bond acceptors (Lipinski definition) is 4. The zero-order valence-corrected chi connectivity index (χ0v) is 16.6. The van der Waals surface area contributed by atoms with Crippen molar-refractivity contribution in [2.45, 2.75) is 58.2 Å². The molecule has 0 radical (unpaired) electrons. The summed E-state index contributed by atoms with van der Waals surface area (Å²) in [6.45, 7) is 6.00. The standard InChI is InChI=1S/C20H29N5O3/c1-3-24-12-16(8-22-24)20(28)23-10-14-7-15(11-23)18(9-21-13(2)26)25-17(14)5-4-6-19(25)27/h8,12,14-15,17-18H,3-7,9-11H2,1-2H3,(H,21,26)/t14-,15+,17+,18+/m1/s1. The van der Waals surface area contributed by atoms with Crippen LogP contribution in [-0.2, 0) is 16.1 Å². The van der Waals surface area contributed by atoms with Crippen molar-refractivity contribution < 1.29 is 14.4 Å². The van der Waals surface area contributed by atoms with E-state index in [1.54, 1.807) is 17.1 Å². The maximum absolute atomic E-state index is 13.1. The molecule has 1 aromatic heterocycles. The van der Waals surface area contributed by atoms with Crippen molar-refractivity contribution in [2.75, 3.05) is 19.6 Å². The van der Waals surface area contributed by atoms with Gasteiger partial charge in [-0.25, -0.2) is 0 Å². The smallest absolute Gasteiger partial charge is 0.257 e. The van der Waals surface area contributed by atoms with Crippen LogP contribution in [0.2, 0.25) is 0 Å². The molecule has 2 bridgehead atoms. The number of aromatic nitrogens is 2. The van der Waals surface area contributed by atoms with E-state index >= 15 is 0 Å². The van der Waals surface area contributed by atoms with Crippen LogP contribution in [0.15, 0.2) is 12.4 Å². The van der Waals surface area contributed by atoms with Crippen molar-refractivity contribution in [3.63, 3.8) is 0 Å². The van der Waals surface area contributed by atoms with Gasteiger partial charge in [0.25, 0.3) is 5.91 Å². The van der Waals surface area contributed by atoms with Crippen LogP contribution in [0.4, 0.5) is 0 Å². The van der Waals surface area contributed by atoms with Gasteiger partial charge in [0.1, 0.15) is 0 Å². The van der Waals surface area contributed by atoms with Crippen LogP contribution in [0.1, 0.15) is 49.9 Å². The Morgan fingerprint density at radius 3 is 2.79 bits per heavy atom. The predicted octanol–water partition coefficient (Wildman–Crippen LogP) is 0.881. The number of rotatable bonds is 4. The number of aryl methyl sites for hydroxylation is 1. The third kappa shape index (κ3) is 3.40. The quantitative estimate of drug-likeness (QED) is 0.831. The lowest BCUT2D eigenvalue weighted by atomic mass is 9.72. The van der Waals surface area contributed by atoms with Crippen molar-refractivity contribution in [2.24, 2.45) is 11.8 Å².